The SMILES string of the molecule is C=CCN1CC[C@]23c4c5cccc4O[C@H]2[C@H](N(CC(C)C)C(=O)C#Cc2ccc(C)c(C)c2)CC[C@@]3(O)[C@H]1C5. The van der Waals surface area contributed by atoms with Crippen molar-refractivity contribution in [3.63, 3.8) is 0 Å². The molecule has 2 aliphatic heterocycles. The molecule has 0 radical (unpaired) electrons. The summed E-state index contributed by atoms with van der Waals surface area (Å²) in [5.74, 6) is 7.11. The Labute approximate surface area is 232 Å². The minimum atomic E-state index is -0.910. The van der Waals surface area contributed by atoms with Gasteiger partial charge in [-0.25, -0.2) is 0 Å². The first kappa shape index (κ1) is 26.2. The van der Waals surface area contributed by atoms with E-state index < -0.39 is 11.0 Å². The molecule has 1 saturated heterocycles. The number of benzene rings is 2. The molecule has 5 atom stereocenters. The second-order valence-electron chi connectivity index (χ2n) is 12.5. The maximum Gasteiger partial charge on any atom is 0.299 e. The third kappa shape index (κ3) is 3.87. The van der Waals surface area contributed by atoms with Crippen molar-refractivity contribution in [1.29, 1.82) is 0 Å². The topological polar surface area (TPSA) is 53.0 Å². The number of hydrogen-bond donors (Lipinski definition) is 1. The predicted octanol–water partition coefficient (Wildman–Crippen LogP) is 4.55. The van der Waals surface area contributed by atoms with E-state index in [1.54, 1.807) is 0 Å². The Bertz CT molecular complexity index is 1390. The standard InChI is InChI=1S/C34H40N2O3/c1-6-17-35-18-16-33-31-26-8-7-9-28(31)39-32(33)27(14-15-34(33,38)29(35)20-26)36(21-22(2)3)30(37)13-12-25-11-10-23(4)24(5)19-25/h6-11,19,22,27,29,32,38H,1,14-18,20-21H2,2-5H3/t27-,29-,32+,33+,34-/m1/s1. The van der Waals surface area contributed by atoms with Crippen LogP contribution < -0.4 is 4.74 Å². The van der Waals surface area contributed by atoms with E-state index in [1.165, 1.54) is 22.3 Å². The van der Waals surface area contributed by atoms with E-state index in [1.807, 2.05) is 29.2 Å². The number of hydrogen-bond acceptors (Lipinski definition) is 4. The molecule has 1 spiro atoms. The molecule has 0 unspecified atom stereocenters. The molecule has 204 valence electrons. The Balaban J connectivity index is 1.40. The largest absolute Gasteiger partial charge is 0.487 e. The van der Waals surface area contributed by atoms with Gasteiger partial charge in [0, 0.05) is 36.2 Å². The molecule has 39 heavy (non-hydrogen) atoms. The summed E-state index contributed by atoms with van der Waals surface area (Å²) in [7, 11) is 0. The Hall–Kier alpha value is -3.07. The summed E-state index contributed by atoms with van der Waals surface area (Å²) in [6.07, 6.45) is 4.58. The number of amides is 1. The molecule has 6 rings (SSSR count). The van der Waals surface area contributed by atoms with Crippen molar-refractivity contribution < 1.29 is 14.6 Å². The van der Waals surface area contributed by atoms with Crippen LogP contribution >= 0.6 is 0 Å². The van der Waals surface area contributed by atoms with Crippen LogP contribution in [0, 0.1) is 31.6 Å². The van der Waals surface area contributed by atoms with Gasteiger partial charge in [0.05, 0.1) is 17.1 Å². The first-order valence-electron chi connectivity index (χ1n) is 14.5. The van der Waals surface area contributed by atoms with Crippen LogP contribution in [0.25, 0.3) is 0 Å². The number of piperidine rings is 1. The van der Waals surface area contributed by atoms with E-state index in [0.29, 0.717) is 19.4 Å². The number of aryl methyl sites for hydroxylation is 2. The Morgan fingerprint density at radius 2 is 2.08 bits per heavy atom. The smallest absolute Gasteiger partial charge is 0.299 e. The number of aliphatic hydroxyl groups is 1. The lowest BCUT2D eigenvalue weighted by Gasteiger charge is -2.64. The summed E-state index contributed by atoms with van der Waals surface area (Å²) < 4.78 is 6.82. The van der Waals surface area contributed by atoms with Crippen LogP contribution in [-0.4, -0.2) is 64.2 Å². The minimum absolute atomic E-state index is 0.0102. The molecule has 2 heterocycles. The van der Waals surface area contributed by atoms with E-state index in [4.69, 9.17) is 4.74 Å². The van der Waals surface area contributed by atoms with Crippen LogP contribution in [0.2, 0.25) is 0 Å². The Morgan fingerprint density at radius 1 is 1.26 bits per heavy atom. The fourth-order valence-corrected chi connectivity index (χ4v) is 8.06. The molecule has 5 nitrogen and oxygen atoms in total. The highest BCUT2D eigenvalue weighted by Gasteiger charge is 2.73. The number of nitrogens with zero attached hydrogens (tertiary/aromatic N) is 2. The average Bonchev–Trinajstić information content (AvgIpc) is 3.24. The van der Waals surface area contributed by atoms with E-state index in [2.05, 4.69) is 69.2 Å². The summed E-state index contributed by atoms with van der Waals surface area (Å²) in [6.45, 7) is 14.7. The molecular weight excluding hydrogens is 484 g/mol. The van der Waals surface area contributed by atoms with Crippen LogP contribution in [0.5, 0.6) is 5.75 Å². The lowest BCUT2D eigenvalue weighted by molar-refractivity contribution is -0.199. The van der Waals surface area contributed by atoms with E-state index in [0.717, 1.165) is 37.2 Å². The zero-order valence-electron chi connectivity index (χ0n) is 23.7. The lowest BCUT2D eigenvalue weighted by atomic mass is 9.48. The third-order valence-corrected chi connectivity index (χ3v) is 9.85. The fourth-order valence-electron chi connectivity index (χ4n) is 8.06. The maximum absolute atomic E-state index is 13.8. The van der Waals surface area contributed by atoms with Crippen LogP contribution in [0.4, 0.5) is 0 Å². The highest BCUT2D eigenvalue weighted by Crippen LogP contribution is 2.64. The summed E-state index contributed by atoms with van der Waals surface area (Å²) in [5.41, 5.74) is 4.26. The third-order valence-electron chi connectivity index (χ3n) is 9.85. The van der Waals surface area contributed by atoms with Crippen LogP contribution in [0.3, 0.4) is 0 Å². The minimum Gasteiger partial charge on any atom is -0.487 e. The summed E-state index contributed by atoms with van der Waals surface area (Å²) in [5, 5.41) is 12.6. The van der Waals surface area contributed by atoms with E-state index >= 15 is 0 Å². The quantitative estimate of drug-likeness (QED) is 0.461. The van der Waals surface area contributed by atoms with Gasteiger partial charge in [0.1, 0.15) is 11.9 Å². The normalized spacial score (nSPS) is 30.2. The van der Waals surface area contributed by atoms with Gasteiger partial charge >= 0.3 is 0 Å². The second kappa shape index (κ2) is 9.54. The van der Waals surface area contributed by atoms with Crippen molar-refractivity contribution in [3.05, 3.63) is 76.9 Å². The zero-order valence-corrected chi connectivity index (χ0v) is 23.7. The van der Waals surface area contributed by atoms with Crippen molar-refractivity contribution in [2.45, 2.75) is 82.6 Å². The molecule has 2 fully saturated rings. The van der Waals surface area contributed by atoms with Gasteiger partial charge in [0.15, 0.2) is 0 Å². The van der Waals surface area contributed by atoms with Crippen LogP contribution in [-0.2, 0) is 16.6 Å². The first-order valence-corrected chi connectivity index (χ1v) is 14.5. The van der Waals surface area contributed by atoms with Crippen molar-refractivity contribution >= 4 is 5.91 Å². The van der Waals surface area contributed by atoms with Gasteiger partial charge in [-0.15, -0.1) is 6.58 Å². The second-order valence-corrected chi connectivity index (χ2v) is 12.5. The van der Waals surface area contributed by atoms with Gasteiger partial charge in [0.25, 0.3) is 5.91 Å². The molecule has 1 amide bonds. The molecule has 2 aromatic rings. The van der Waals surface area contributed by atoms with E-state index in [9.17, 15) is 9.90 Å². The monoisotopic (exact) mass is 524 g/mol. The number of carbonyl (C=O) groups is 1. The Morgan fingerprint density at radius 3 is 2.82 bits per heavy atom. The number of rotatable bonds is 5. The molecule has 2 bridgehead atoms. The van der Waals surface area contributed by atoms with Crippen molar-refractivity contribution in [3.8, 4) is 17.6 Å². The molecule has 1 saturated carbocycles. The highest BCUT2D eigenvalue weighted by molar-refractivity contribution is 5.94. The Kier molecular flexibility index (Phi) is 6.40. The molecule has 0 aromatic heterocycles. The van der Waals surface area contributed by atoms with Gasteiger partial charge < -0.3 is 14.7 Å². The molecule has 2 aromatic carbocycles. The van der Waals surface area contributed by atoms with Gasteiger partial charge in [-0.3, -0.25) is 9.69 Å². The first-order chi connectivity index (χ1) is 18.7. The predicted molar refractivity (Wildman–Crippen MR) is 154 cm³/mol. The molecule has 5 heteroatoms. The van der Waals surface area contributed by atoms with Crippen LogP contribution in [0.1, 0.15) is 60.9 Å². The lowest BCUT2D eigenvalue weighted by Crippen LogP contribution is -2.78. The zero-order chi connectivity index (χ0) is 27.5. The van der Waals surface area contributed by atoms with Crippen molar-refractivity contribution in [1.82, 2.24) is 9.80 Å². The van der Waals surface area contributed by atoms with Gasteiger partial charge in [0.2, 0.25) is 0 Å². The summed E-state index contributed by atoms with van der Waals surface area (Å²) >= 11 is 0. The van der Waals surface area contributed by atoms with Crippen molar-refractivity contribution in [2.24, 2.45) is 5.92 Å². The molecule has 4 aliphatic rings. The van der Waals surface area contributed by atoms with Gasteiger partial charge in [-0.2, -0.15) is 0 Å². The average molecular weight is 525 g/mol. The highest BCUT2D eigenvalue weighted by atomic mass is 16.5. The van der Waals surface area contributed by atoms with Crippen LogP contribution in [0.15, 0.2) is 49.1 Å². The van der Waals surface area contributed by atoms with Gasteiger partial charge in [-0.05, 0) is 86.9 Å². The van der Waals surface area contributed by atoms with Crippen molar-refractivity contribution in [2.75, 3.05) is 19.6 Å². The molecule has 2 aliphatic carbocycles. The fraction of sp³-hybridized carbons (Fsp3) is 0.500. The summed E-state index contributed by atoms with van der Waals surface area (Å²) in [4.78, 5) is 18.2. The summed E-state index contributed by atoms with van der Waals surface area (Å²) in [6, 6.07) is 12.2. The number of likely N-dealkylation sites (tertiary alicyclic amines) is 1. The molecular formula is C34H40N2O3. The maximum atomic E-state index is 13.8. The molecule has 1 N–H and O–H groups in total. The number of carbonyl (C=O) groups excluding carboxylic acids is 1. The number of ether oxygens (including phenoxy) is 1. The van der Waals surface area contributed by atoms with Gasteiger partial charge in [-0.1, -0.05) is 44.0 Å². The van der Waals surface area contributed by atoms with E-state index in [-0.39, 0.29) is 30.0 Å².